The van der Waals surface area contributed by atoms with Crippen LogP contribution in [0.15, 0.2) is 59.7 Å². The minimum absolute atomic E-state index is 0.197. The molecule has 0 unspecified atom stereocenters. The minimum Gasteiger partial charge on any atom is -0.497 e. The highest BCUT2D eigenvalue weighted by atomic mass is 35.5. The topological polar surface area (TPSA) is 63.6 Å². The third kappa shape index (κ3) is 4.33. The van der Waals surface area contributed by atoms with Crippen molar-refractivity contribution in [2.45, 2.75) is 6.42 Å². The molecule has 25 heavy (non-hydrogen) atoms. The molecule has 1 N–H and O–H groups in total. The number of carbonyl (C=O) groups is 1. The molecule has 0 radical (unpaired) electrons. The monoisotopic (exact) mass is 353 g/mol. The standard InChI is InChI=1S/C19H16ClN3O2/c1-25-16-8-7-14-10-15(19(20)22-17(14)11-16)12-21-23-18(24)9-13-5-3-2-4-6-13/h2-8,10-12H,9H2,1H3,(H,23,24)/b21-12-. The summed E-state index contributed by atoms with van der Waals surface area (Å²) in [6.45, 7) is 0. The van der Waals surface area contributed by atoms with Crippen molar-refractivity contribution in [3.05, 3.63) is 70.9 Å². The number of rotatable bonds is 5. The van der Waals surface area contributed by atoms with E-state index in [4.69, 9.17) is 16.3 Å². The van der Waals surface area contributed by atoms with Crippen LogP contribution in [0, 0.1) is 0 Å². The molecule has 0 saturated heterocycles. The van der Waals surface area contributed by atoms with Crippen LogP contribution in [0.4, 0.5) is 0 Å². The summed E-state index contributed by atoms with van der Waals surface area (Å²) in [5.74, 6) is 0.516. The molecule has 1 amide bonds. The average molecular weight is 354 g/mol. The van der Waals surface area contributed by atoms with E-state index in [1.54, 1.807) is 7.11 Å². The van der Waals surface area contributed by atoms with Crippen LogP contribution in [0.2, 0.25) is 5.15 Å². The van der Waals surface area contributed by atoms with Gasteiger partial charge in [-0.15, -0.1) is 0 Å². The van der Waals surface area contributed by atoms with Gasteiger partial charge in [-0.25, -0.2) is 10.4 Å². The van der Waals surface area contributed by atoms with Gasteiger partial charge in [-0.1, -0.05) is 41.9 Å². The Labute approximate surface area is 150 Å². The molecule has 5 nitrogen and oxygen atoms in total. The summed E-state index contributed by atoms with van der Waals surface area (Å²) in [6.07, 6.45) is 1.75. The van der Waals surface area contributed by atoms with Crippen molar-refractivity contribution < 1.29 is 9.53 Å². The van der Waals surface area contributed by atoms with Gasteiger partial charge >= 0.3 is 0 Å². The zero-order valence-electron chi connectivity index (χ0n) is 13.6. The number of amides is 1. The third-order valence-electron chi connectivity index (χ3n) is 3.61. The van der Waals surface area contributed by atoms with E-state index in [1.807, 2.05) is 54.6 Å². The molecular weight excluding hydrogens is 338 g/mol. The van der Waals surface area contributed by atoms with E-state index < -0.39 is 0 Å². The Balaban J connectivity index is 1.70. The van der Waals surface area contributed by atoms with E-state index in [9.17, 15) is 4.79 Å². The maximum absolute atomic E-state index is 11.9. The van der Waals surface area contributed by atoms with Crippen LogP contribution in [0.25, 0.3) is 10.9 Å². The van der Waals surface area contributed by atoms with Crippen LogP contribution >= 0.6 is 11.6 Å². The fourth-order valence-electron chi connectivity index (χ4n) is 2.35. The van der Waals surface area contributed by atoms with Gasteiger partial charge in [0.1, 0.15) is 10.9 Å². The van der Waals surface area contributed by atoms with Gasteiger partial charge in [0.15, 0.2) is 0 Å². The van der Waals surface area contributed by atoms with Crippen LogP contribution in [0.3, 0.4) is 0 Å². The molecule has 0 spiro atoms. The van der Waals surface area contributed by atoms with Crippen molar-refractivity contribution in [2.24, 2.45) is 5.10 Å². The van der Waals surface area contributed by atoms with Crippen molar-refractivity contribution in [3.8, 4) is 5.75 Å². The Morgan fingerprint density at radius 1 is 1.24 bits per heavy atom. The molecule has 0 atom stereocenters. The lowest BCUT2D eigenvalue weighted by atomic mass is 10.1. The maximum atomic E-state index is 11.9. The zero-order chi connectivity index (χ0) is 17.6. The molecule has 0 saturated carbocycles. The van der Waals surface area contributed by atoms with Gasteiger partial charge in [0.25, 0.3) is 0 Å². The number of hydrogen-bond acceptors (Lipinski definition) is 4. The van der Waals surface area contributed by atoms with Gasteiger partial charge < -0.3 is 4.74 Å². The first-order valence-corrected chi connectivity index (χ1v) is 8.03. The molecule has 0 aliphatic rings. The Bertz CT molecular complexity index is 927. The average Bonchev–Trinajstić information content (AvgIpc) is 2.62. The highest BCUT2D eigenvalue weighted by Gasteiger charge is 2.05. The fraction of sp³-hybridized carbons (Fsp3) is 0.105. The van der Waals surface area contributed by atoms with E-state index in [0.717, 1.165) is 16.5 Å². The van der Waals surface area contributed by atoms with Gasteiger partial charge in [0.05, 0.1) is 25.3 Å². The quantitative estimate of drug-likeness (QED) is 0.433. The van der Waals surface area contributed by atoms with Crippen molar-refractivity contribution >= 4 is 34.6 Å². The third-order valence-corrected chi connectivity index (χ3v) is 3.91. The Morgan fingerprint density at radius 2 is 2.04 bits per heavy atom. The predicted molar refractivity (Wildman–Crippen MR) is 99.2 cm³/mol. The summed E-state index contributed by atoms with van der Waals surface area (Å²) < 4.78 is 5.18. The summed E-state index contributed by atoms with van der Waals surface area (Å²) in [5.41, 5.74) is 4.78. The summed E-state index contributed by atoms with van der Waals surface area (Å²) in [5, 5.41) is 5.18. The van der Waals surface area contributed by atoms with Gasteiger partial charge in [-0.2, -0.15) is 5.10 Å². The lowest BCUT2D eigenvalue weighted by Gasteiger charge is -2.05. The van der Waals surface area contributed by atoms with Gasteiger partial charge in [0, 0.05) is 17.0 Å². The number of halogens is 1. The van der Waals surface area contributed by atoms with Crippen LogP contribution < -0.4 is 10.2 Å². The summed E-state index contributed by atoms with van der Waals surface area (Å²) in [7, 11) is 1.60. The Morgan fingerprint density at radius 3 is 2.80 bits per heavy atom. The number of pyridine rings is 1. The molecule has 6 heteroatoms. The molecule has 1 aromatic heterocycles. The van der Waals surface area contributed by atoms with Crippen LogP contribution in [-0.2, 0) is 11.2 Å². The zero-order valence-corrected chi connectivity index (χ0v) is 14.3. The normalized spacial score (nSPS) is 11.0. The van der Waals surface area contributed by atoms with E-state index >= 15 is 0 Å². The smallest absolute Gasteiger partial charge is 0.244 e. The van der Waals surface area contributed by atoms with Crippen molar-refractivity contribution in [2.75, 3.05) is 7.11 Å². The number of benzene rings is 2. The fourth-order valence-corrected chi connectivity index (χ4v) is 2.55. The van der Waals surface area contributed by atoms with Gasteiger partial charge in [0.2, 0.25) is 5.91 Å². The largest absolute Gasteiger partial charge is 0.497 e. The second kappa shape index (κ2) is 7.77. The number of ether oxygens (including phenoxy) is 1. The SMILES string of the molecule is COc1ccc2cc(/C=N\NC(=O)Cc3ccccc3)c(Cl)nc2c1. The highest BCUT2D eigenvalue weighted by molar-refractivity contribution is 6.32. The lowest BCUT2D eigenvalue weighted by molar-refractivity contribution is -0.120. The summed E-state index contributed by atoms with van der Waals surface area (Å²) in [6, 6.07) is 16.9. The molecular formula is C19H16ClN3O2. The van der Waals surface area contributed by atoms with Crippen LogP contribution in [0.1, 0.15) is 11.1 Å². The first-order chi connectivity index (χ1) is 12.2. The van der Waals surface area contributed by atoms with Gasteiger partial charge in [-0.05, 0) is 23.8 Å². The molecule has 0 fully saturated rings. The number of hydrazone groups is 1. The van der Waals surface area contributed by atoms with Crippen LogP contribution in [0.5, 0.6) is 5.75 Å². The number of aromatic nitrogens is 1. The molecule has 0 aliphatic carbocycles. The Kier molecular flexibility index (Phi) is 5.26. The second-order valence-electron chi connectivity index (χ2n) is 5.38. The first-order valence-electron chi connectivity index (χ1n) is 7.66. The number of hydrogen-bond donors (Lipinski definition) is 1. The number of fused-ring (bicyclic) bond motifs is 1. The number of nitrogens with one attached hydrogen (secondary N) is 1. The molecule has 1 heterocycles. The molecule has 126 valence electrons. The molecule has 3 rings (SSSR count). The summed E-state index contributed by atoms with van der Waals surface area (Å²) >= 11 is 6.19. The highest BCUT2D eigenvalue weighted by Crippen LogP contribution is 2.23. The molecule has 0 bridgehead atoms. The minimum atomic E-state index is -0.197. The van der Waals surface area contributed by atoms with E-state index in [0.29, 0.717) is 16.5 Å². The van der Waals surface area contributed by atoms with E-state index in [-0.39, 0.29) is 12.3 Å². The number of carbonyl (C=O) groups excluding carboxylic acids is 1. The molecule has 2 aromatic carbocycles. The number of methoxy groups -OCH3 is 1. The molecule has 3 aromatic rings. The predicted octanol–water partition coefficient (Wildman–Crippen LogP) is 3.59. The van der Waals surface area contributed by atoms with Crippen molar-refractivity contribution in [3.63, 3.8) is 0 Å². The van der Waals surface area contributed by atoms with Crippen LogP contribution in [-0.4, -0.2) is 24.2 Å². The van der Waals surface area contributed by atoms with E-state index in [1.165, 1.54) is 6.21 Å². The van der Waals surface area contributed by atoms with Gasteiger partial charge in [-0.3, -0.25) is 4.79 Å². The van der Waals surface area contributed by atoms with Crippen molar-refractivity contribution in [1.82, 2.24) is 10.4 Å². The van der Waals surface area contributed by atoms with Crippen molar-refractivity contribution in [1.29, 1.82) is 0 Å². The summed E-state index contributed by atoms with van der Waals surface area (Å²) in [4.78, 5) is 16.2. The number of nitrogens with zero attached hydrogens (tertiary/aromatic N) is 2. The molecule has 0 aliphatic heterocycles. The maximum Gasteiger partial charge on any atom is 0.244 e. The Hall–Kier alpha value is -2.92. The second-order valence-corrected chi connectivity index (χ2v) is 5.74. The van der Waals surface area contributed by atoms with E-state index in [2.05, 4.69) is 15.5 Å². The first kappa shape index (κ1) is 16.9. The lowest BCUT2D eigenvalue weighted by Crippen LogP contribution is -2.19.